The van der Waals surface area contributed by atoms with E-state index in [0.717, 1.165) is 12.3 Å². The van der Waals surface area contributed by atoms with Gasteiger partial charge in [0.05, 0.1) is 26.1 Å². The predicted molar refractivity (Wildman–Crippen MR) is 122 cm³/mol. The van der Waals surface area contributed by atoms with Crippen LogP contribution in [0.1, 0.15) is 16.1 Å². The molecule has 0 bridgehead atoms. The average Bonchev–Trinajstić information content (AvgIpc) is 3.31. The van der Waals surface area contributed by atoms with E-state index in [1.54, 1.807) is 30.3 Å². The quantitative estimate of drug-likeness (QED) is 0.432. The topological polar surface area (TPSA) is 96.2 Å². The second-order valence-corrected chi connectivity index (χ2v) is 7.70. The molecule has 9 nitrogen and oxygen atoms in total. The number of fused-ring (bicyclic) bond motifs is 2. The van der Waals surface area contributed by atoms with E-state index < -0.39 is 17.8 Å². The average molecular weight is 500 g/mol. The monoisotopic (exact) mass is 500 g/mol. The van der Waals surface area contributed by atoms with E-state index in [1.807, 2.05) is 0 Å². The third-order valence-electron chi connectivity index (χ3n) is 5.49. The van der Waals surface area contributed by atoms with Gasteiger partial charge in [0.1, 0.15) is 18.8 Å². The number of halogens is 3. The molecule has 0 fully saturated rings. The number of nitrogens with zero attached hydrogens (tertiary/aromatic N) is 3. The molecule has 186 valence electrons. The summed E-state index contributed by atoms with van der Waals surface area (Å²) >= 11 is 0. The molecule has 1 aliphatic heterocycles. The number of carbonyl (C=O) groups excluding carboxylic acids is 1. The van der Waals surface area contributed by atoms with Gasteiger partial charge in [-0.05, 0) is 36.4 Å². The lowest BCUT2D eigenvalue weighted by Crippen LogP contribution is -2.16. The van der Waals surface area contributed by atoms with Gasteiger partial charge < -0.3 is 24.3 Å². The number of amides is 1. The van der Waals surface area contributed by atoms with Gasteiger partial charge in [-0.1, -0.05) is 0 Å². The van der Waals surface area contributed by atoms with Gasteiger partial charge in [-0.3, -0.25) is 4.79 Å². The van der Waals surface area contributed by atoms with Crippen molar-refractivity contribution in [2.24, 2.45) is 0 Å². The Morgan fingerprint density at radius 2 is 1.75 bits per heavy atom. The molecule has 0 saturated heterocycles. The van der Waals surface area contributed by atoms with Gasteiger partial charge in [0.15, 0.2) is 34.3 Å². The molecule has 0 aliphatic carbocycles. The van der Waals surface area contributed by atoms with Crippen molar-refractivity contribution in [3.05, 3.63) is 59.9 Å². The summed E-state index contributed by atoms with van der Waals surface area (Å²) in [5.41, 5.74) is -0.784. The second-order valence-electron chi connectivity index (χ2n) is 7.70. The fraction of sp³-hybridized carbons (Fsp3) is 0.208. The highest BCUT2D eigenvalue weighted by Crippen LogP contribution is 2.37. The standard InChI is InChI=1S/C24H19F3N4O5/c1-33-17-6-4-14(10-19(17)34-2)29-23(32)15-12-28-31-21(24(25,26)27)11-16(30-22(15)31)13-3-5-18-20(9-13)36-8-7-35-18/h3-6,9-12H,7-8H2,1-2H3,(H,29,32). The van der Waals surface area contributed by atoms with E-state index in [0.29, 0.717) is 52.0 Å². The lowest BCUT2D eigenvalue weighted by Gasteiger charge is -2.19. The summed E-state index contributed by atoms with van der Waals surface area (Å²) < 4.78 is 63.8. The van der Waals surface area contributed by atoms with Gasteiger partial charge in [-0.2, -0.15) is 18.3 Å². The van der Waals surface area contributed by atoms with Gasteiger partial charge in [0.25, 0.3) is 5.91 Å². The van der Waals surface area contributed by atoms with Crippen molar-refractivity contribution in [1.82, 2.24) is 14.6 Å². The molecule has 1 amide bonds. The molecule has 4 aromatic rings. The Labute approximate surface area is 202 Å². The number of anilines is 1. The smallest absolute Gasteiger partial charge is 0.433 e. The van der Waals surface area contributed by atoms with Crippen LogP contribution in [0, 0.1) is 0 Å². The molecule has 5 rings (SSSR count). The molecule has 0 spiro atoms. The van der Waals surface area contributed by atoms with E-state index in [2.05, 4.69) is 15.4 Å². The molecule has 12 heteroatoms. The lowest BCUT2D eigenvalue weighted by atomic mass is 10.1. The summed E-state index contributed by atoms with van der Waals surface area (Å²) in [5.74, 6) is 1.01. The lowest BCUT2D eigenvalue weighted by molar-refractivity contribution is -0.142. The zero-order valence-electron chi connectivity index (χ0n) is 19.0. The minimum absolute atomic E-state index is 0.00698. The summed E-state index contributed by atoms with van der Waals surface area (Å²) in [7, 11) is 2.91. The summed E-state index contributed by atoms with van der Waals surface area (Å²) in [6, 6.07) is 10.3. The van der Waals surface area contributed by atoms with E-state index in [1.165, 1.54) is 20.3 Å². The molecule has 1 aliphatic rings. The number of nitrogens with one attached hydrogen (secondary N) is 1. The van der Waals surface area contributed by atoms with Crippen molar-refractivity contribution < 1.29 is 36.9 Å². The van der Waals surface area contributed by atoms with E-state index in [4.69, 9.17) is 18.9 Å². The van der Waals surface area contributed by atoms with Crippen LogP contribution in [0.2, 0.25) is 0 Å². The molecule has 2 aromatic heterocycles. The first-order valence-corrected chi connectivity index (χ1v) is 10.7. The number of hydrogen-bond donors (Lipinski definition) is 1. The van der Waals surface area contributed by atoms with E-state index in [9.17, 15) is 18.0 Å². The Morgan fingerprint density at radius 1 is 1.00 bits per heavy atom. The van der Waals surface area contributed by atoms with Crippen LogP contribution in [0.15, 0.2) is 48.7 Å². The van der Waals surface area contributed by atoms with Crippen molar-refractivity contribution in [1.29, 1.82) is 0 Å². The third-order valence-corrected chi connectivity index (χ3v) is 5.49. The summed E-state index contributed by atoms with van der Waals surface area (Å²) in [6.45, 7) is 0.697. The summed E-state index contributed by atoms with van der Waals surface area (Å²) in [4.78, 5) is 17.4. The van der Waals surface area contributed by atoms with Gasteiger partial charge in [-0.15, -0.1) is 0 Å². The number of benzene rings is 2. The second kappa shape index (κ2) is 8.95. The predicted octanol–water partition coefficient (Wildman–Crippen LogP) is 4.46. The maximum Gasteiger partial charge on any atom is 0.433 e. The molecule has 36 heavy (non-hydrogen) atoms. The Bertz CT molecular complexity index is 1470. The first-order valence-electron chi connectivity index (χ1n) is 10.7. The minimum Gasteiger partial charge on any atom is -0.493 e. The molecule has 0 atom stereocenters. The van der Waals surface area contributed by atoms with Crippen molar-refractivity contribution in [3.8, 4) is 34.3 Å². The molecule has 0 unspecified atom stereocenters. The maximum atomic E-state index is 13.9. The Morgan fingerprint density at radius 3 is 2.47 bits per heavy atom. The number of rotatable bonds is 5. The Kier molecular flexibility index (Phi) is 5.78. The minimum atomic E-state index is -4.76. The van der Waals surface area contributed by atoms with E-state index in [-0.39, 0.29) is 16.9 Å². The molecular weight excluding hydrogens is 481 g/mol. The van der Waals surface area contributed by atoms with Crippen LogP contribution in [0.5, 0.6) is 23.0 Å². The van der Waals surface area contributed by atoms with Crippen LogP contribution in [-0.2, 0) is 6.18 Å². The highest BCUT2D eigenvalue weighted by Gasteiger charge is 2.36. The van der Waals surface area contributed by atoms with Crippen LogP contribution >= 0.6 is 0 Å². The normalized spacial score (nSPS) is 12.9. The summed E-state index contributed by atoms with van der Waals surface area (Å²) in [5, 5.41) is 6.43. The van der Waals surface area contributed by atoms with Gasteiger partial charge in [0, 0.05) is 17.3 Å². The van der Waals surface area contributed by atoms with Crippen LogP contribution < -0.4 is 24.3 Å². The zero-order chi connectivity index (χ0) is 25.4. The molecule has 1 N–H and O–H groups in total. The molecule has 0 saturated carbocycles. The highest BCUT2D eigenvalue weighted by molar-refractivity contribution is 6.08. The third kappa shape index (κ3) is 4.21. The van der Waals surface area contributed by atoms with Gasteiger partial charge in [-0.25, -0.2) is 9.50 Å². The van der Waals surface area contributed by atoms with Gasteiger partial charge >= 0.3 is 6.18 Å². The van der Waals surface area contributed by atoms with Crippen molar-refractivity contribution >= 4 is 17.2 Å². The van der Waals surface area contributed by atoms with Crippen LogP contribution in [0.4, 0.5) is 18.9 Å². The van der Waals surface area contributed by atoms with E-state index >= 15 is 0 Å². The molecule has 3 heterocycles. The van der Waals surface area contributed by atoms with Crippen LogP contribution in [0.25, 0.3) is 16.9 Å². The number of carbonyl (C=O) groups is 1. The highest BCUT2D eigenvalue weighted by atomic mass is 19.4. The molecule has 2 aromatic carbocycles. The molecule has 0 radical (unpaired) electrons. The number of alkyl halides is 3. The Hall–Kier alpha value is -4.48. The SMILES string of the molecule is COc1ccc(NC(=O)c2cnn3c(C(F)(F)F)cc(-c4ccc5c(c4)OCCO5)nc23)cc1OC. The Balaban J connectivity index is 1.57. The number of aromatic nitrogens is 3. The summed E-state index contributed by atoms with van der Waals surface area (Å²) in [6.07, 6.45) is -3.71. The molecular formula is C24H19F3N4O5. The van der Waals surface area contributed by atoms with Gasteiger partial charge in [0.2, 0.25) is 0 Å². The van der Waals surface area contributed by atoms with Crippen molar-refractivity contribution in [3.63, 3.8) is 0 Å². The van der Waals surface area contributed by atoms with Crippen LogP contribution in [0.3, 0.4) is 0 Å². The maximum absolute atomic E-state index is 13.9. The first kappa shape index (κ1) is 23.3. The fourth-order valence-corrected chi connectivity index (χ4v) is 3.79. The first-order chi connectivity index (χ1) is 17.3. The fourth-order valence-electron chi connectivity index (χ4n) is 3.79. The number of hydrogen-bond acceptors (Lipinski definition) is 7. The van der Waals surface area contributed by atoms with Crippen molar-refractivity contribution in [2.45, 2.75) is 6.18 Å². The number of methoxy groups -OCH3 is 2. The zero-order valence-corrected chi connectivity index (χ0v) is 19.0. The largest absolute Gasteiger partial charge is 0.493 e. The van der Waals surface area contributed by atoms with Crippen LogP contribution in [-0.4, -0.2) is 47.9 Å². The van der Waals surface area contributed by atoms with Crippen molar-refractivity contribution in [2.75, 3.05) is 32.8 Å². The number of ether oxygens (including phenoxy) is 4.